The molecule has 0 aromatic heterocycles. The van der Waals surface area contributed by atoms with Crippen molar-refractivity contribution in [2.45, 2.75) is 70.8 Å². The number of benzene rings is 1. The highest BCUT2D eigenvalue weighted by Crippen LogP contribution is 2.66. The summed E-state index contributed by atoms with van der Waals surface area (Å²) < 4.78 is 14.8. The monoisotopic (exact) mass is 471 g/mol. The van der Waals surface area contributed by atoms with E-state index in [-0.39, 0.29) is 33.5 Å². The molecule has 2 atom stereocenters. The van der Waals surface area contributed by atoms with Gasteiger partial charge in [0.25, 0.3) is 5.91 Å². The molecule has 1 aliphatic heterocycles. The molecule has 8 heteroatoms. The molecule has 6 rings (SSSR count). The quantitative estimate of drug-likeness (QED) is 0.596. The molecule has 7 nitrogen and oxygen atoms in total. The Labute approximate surface area is 199 Å². The predicted octanol–water partition coefficient (Wildman–Crippen LogP) is 4.63. The van der Waals surface area contributed by atoms with Gasteiger partial charge in [0.05, 0.1) is 11.6 Å². The Hall–Kier alpha value is -2.64. The number of hydrogen-bond donors (Lipinski definition) is 3. The second kappa shape index (κ2) is 7.95. The van der Waals surface area contributed by atoms with Crippen molar-refractivity contribution in [3.63, 3.8) is 0 Å². The van der Waals surface area contributed by atoms with E-state index in [2.05, 4.69) is 24.5 Å². The predicted molar refractivity (Wildman–Crippen MR) is 125 cm³/mol. The first-order chi connectivity index (χ1) is 16.0. The van der Waals surface area contributed by atoms with E-state index in [1.165, 1.54) is 31.4 Å². The Kier molecular flexibility index (Phi) is 5.41. The number of nitrogens with one attached hydrogen (secondary N) is 2. The number of carboxylic acids is 1. The number of likely N-dealkylation sites (tertiary alicyclic amines) is 1. The molecule has 3 N–H and O–H groups in total. The van der Waals surface area contributed by atoms with Gasteiger partial charge >= 0.3 is 12.0 Å². The number of rotatable bonds is 4. The normalized spacial score (nSPS) is 34.7. The van der Waals surface area contributed by atoms with E-state index in [4.69, 9.17) is 5.11 Å². The van der Waals surface area contributed by atoms with Gasteiger partial charge in [-0.3, -0.25) is 9.59 Å². The second-order valence-electron chi connectivity index (χ2n) is 12.1. The molecule has 0 spiro atoms. The van der Waals surface area contributed by atoms with Crippen LogP contribution >= 0.6 is 0 Å². The highest BCUT2D eigenvalue weighted by atomic mass is 19.1. The third-order valence-corrected chi connectivity index (χ3v) is 8.60. The fourth-order valence-corrected chi connectivity index (χ4v) is 8.24. The van der Waals surface area contributed by atoms with Gasteiger partial charge in [0.2, 0.25) is 0 Å². The number of urea groups is 1. The lowest BCUT2D eigenvalue weighted by Gasteiger charge is -2.65. The van der Waals surface area contributed by atoms with Crippen LogP contribution in [-0.2, 0) is 4.79 Å². The van der Waals surface area contributed by atoms with Gasteiger partial charge in [0.1, 0.15) is 5.82 Å². The molecule has 1 aromatic rings. The van der Waals surface area contributed by atoms with Crippen molar-refractivity contribution in [1.82, 2.24) is 10.2 Å². The molecule has 1 aromatic carbocycles. The molecule has 1 heterocycles. The Morgan fingerprint density at radius 3 is 2.24 bits per heavy atom. The number of carboxylic acid groups (broad SMARTS) is 1. The summed E-state index contributed by atoms with van der Waals surface area (Å²) in [6.07, 6.45) is 7.37. The minimum absolute atomic E-state index is 0.0424. The zero-order valence-corrected chi connectivity index (χ0v) is 20.0. The van der Waals surface area contributed by atoms with E-state index in [1.807, 2.05) is 0 Å². The van der Waals surface area contributed by atoms with Crippen molar-refractivity contribution in [2.24, 2.45) is 22.7 Å². The lowest BCUT2D eigenvalue weighted by atomic mass is 9.43. The van der Waals surface area contributed by atoms with Crippen LogP contribution in [0.15, 0.2) is 18.2 Å². The number of carbonyl (C=O) groups excluding carboxylic acids is 2. The van der Waals surface area contributed by atoms with Gasteiger partial charge in [-0.2, -0.15) is 0 Å². The van der Waals surface area contributed by atoms with Gasteiger partial charge in [-0.05, 0) is 86.3 Å². The minimum Gasteiger partial charge on any atom is -0.481 e. The van der Waals surface area contributed by atoms with Gasteiger partial charge in [0, 0.05) is 24.2 Å². The molecule has 3 amide bonds. The van der Waals surface area contributed by atoms with Crippen molar-refractivity contribution in [3.05, 3.63) is 29.6 Å². The first-order valence-electron chi connectivity index (χ1n) is 12.4. The molecule has 5 fully saturated rings. The summed E-state index contributed by atoms with van der Waals surface area (Å²) in [4.78, 5) is 38.3. The Bertz CT molecular complexity index is 1020. The molecule has 1 saturated heterocycles. The first kappa shape index (κ1) is 23.1. The fourth-order valence-electron chi connectivity index (χ4n) is 8.24. The van der Waals surface area contributed by atoms with Crippen molar-refractivity contribution in [1.29, 1.82) is 0 Å². The van der Waals surface area contributed by atoms with Crippen LogP contribution in [0.5, 0.6) is 0 Å². The lowest BCUT2D eigenvalue weighted by Crippen LogP contribution is -2.65. The van der Waals surface area contributed by atoms with Gasteiger partial charge in [0.15, 0.2) is 0 Å². The summed E-state index contributed by atoms with van der Waals surface area (Å²) in [5.41, 5.74) is 0.517. The van der Waals surface area contributed by atoms with Gasteiger partial charge < -0.3 is 20.6 Å². The third-order valence-electron chi connectivity index (χ3n) is 8.60. The van der Waals surface area contributed by atoms with Crippen LogP contribution in [0.3, 0.4) is 0 Å². The van der Waals surface area contributed by atoms with Crippen molar-refractivity contribution in [2.75, 3.05) is 18.4 Å². The number of hydrogen-bond acceptors (Lipinski definition) is 3. The van der Waals surface area contributed by atoms with Crippen LogP contribution < -0.4 is 10.6 Å². The molecule has 5 aliphatic rings. The Balaban J connectivity index is 1.22. The smallest absolute Gasteiger partial charge is 0.319 e. The van der Waals surface area contributed by atoms with Crippen LogP contribution in [0.4, 0.5) is 14.9 Å². The lowest BCUT2D eigenvalue weighted by molar-refractivity contribution is -0.143. The van der Waals surface area contributed by atoms with Gasteiger partial charge in [-0.15, -0.1) is 0 Å². The Morgan fingerprint density at radius 1 is 1.03 bits per heavy atom. The maximum Gasteiger partial charge on any atom is 0.319 e. The van der Waals surface area contributed by atoms with Crippen molar-refractivity contribution >= 4 is 23.6 Å². The van der Waals surface area contributed by atoms with Crippen LogP contribution in [0, 0.1) is 28.5 Å². The van der Waals surface area contributed by atoms with Gasteiger partial charge in [-0.25, -0.2) is 9.18 Å². The standard InChI is InChI=1S/C26H34FN3O4/c1-24-10-16-11-25(2,13-24)15-26(12-16,14-24)29-23(34)28-20-4-3-18(9-19(20)27)21(31)30-7-5-17(6-8-30)22(32)33/h3-4,9,16-17H,5-8,10-15H2,1-2H3,(H,32,33)(H2,28,29,34). The zero-order valence-electron chi connectivity index (χ0n) is 20.0. The second-order valence-corrected chi connectivity index (χ2v) is 12.1. The maximum atomic E-state index is 14.8. The van der Waals surface area contributed by atoms with Crippen molar-refractivity contribution < 1.29 is 23.9 Å². The van der Waals surface area contributed by atoms with E-state index in [1.54, 1.807) is 4.90 Å². The summed E-state index contributed by atoms with van der Waals surface area (Å²) >= 11 is 0. The molecular formula is C26H34FN3O4. The molecule has 34 heavy (non-hydrogen) atoms. The molecule has 2 unspecified atom stereocenters. The largest absolute Gasteiger partial charge is 0.481 e. The van der Waals surface area contributed by atoms with Gasteiger partial charge in [-0.1, -0.05) is 13.8 Å². The number of halogens is 1. The highest BCUT2D eigenvalue weighted by molar-refractivity contribution is 5.96. The molecule has 0 radical (unpaired) electrons. The first-order valence-corrected chi connectivity index (χ1v) is 12.4. The van der Waals surface area contributed by atoms with Crippen molar-refractivity contribution in [3.8, 4) is 0 Å². The molecule has 4 bridgehead atoms. The van der Waals surface area contributed by atoms with Crippen LogP contribution in [0.2, 0.25) is 0 Å². The number of aliphatic carboxylic acids is 1. The van der Waals surface area contributed by atoms with Crippen LogP contribution in [0.25, 0.3) is 0 Å². The van der Waals surface area contributed by atoms with E-state index >= 15 is 0 Å². The summed E-state index contributed by atoms with van der Waals surface area (Å²) in [5.74, 6) is -1.64. The maximum absolute atomic E-state index is 14.8. The number of nitrogens with zero attached hydrogens (tertiary/aromatic N) is 1. The fraction of sp³-hybridized carbons (Fsp3) is 0.654. The van der Waals surface area contributed by atoms with E-state index in [0.717, 1.165) is 25.3 Å². The summed E-state index contributed by atoms with van der Waals surface area (Å²) in [6.45, 7) is 5.34. The number of anilines is 1. The highest BCUT2D eigenvalue weighted by Gasteiger charge is 2.60. The van der Waals surface area contributed by atoms with E-state index in [0.29, 0.717) is 31.8 Å². The summed E-state index contributed by atoms with van der Waals surface area (Å²) in [6, 6.07) is 3.68. The third kappa shape index (κ3) is 4.27. The summed E-state index contributed by atoms with van der Waals surface area (Å²) in [5, 5.41) is 15.0. The van der Waals surface area contributed by atoms with Crippen LogP contribution in [0.1, 0.15) is 75.6 Å². The SMILES string of the molecule is CC12CC3CC(C)(C1)CC(NC(=O)Nc1ccc(C(=O)N4CCC(C(=O)O)CC4)cc1F)(C3)C2. The van der Waals surface area contributed by atoms with E-state index in [9.17, 15) is 18.8 Å². The number of carbonyl (C=O) groups is 3. The minimum atomic E-state index is -0.844. The molecule has 184 valence electrons. The molecule has 4 saturated carbocycles. The topological polar surface area (TPSA) is 98.7 Å². The molecule has 4 aliphatic carbocycles. The number of piperidine rings is 1. The average molecular weight is 472 g/mol. The average Bonchev–Trinajstić information content (AvgIpc) is 2.71. The van der Waals surface area contributed by atoms with E-state index < -0.39 is 23.7 Å². The van der Waals surface area contributed by atoms with Crippen LogP contribution in [-0.4, -0.2) is 46.5 Å². The summed E-state index contributed by atoms with van der Waals surface area (Å²) in [7, 11) is 0. The zero-order chi connectivity index (χ0) is 24.3. The Morgan fingerprint density at radius 2 is 1.68 bits per heavy atom. The molecular weight excluding hydrogens is 437 g/mol. The number of amides is 3.